The molecule has 0 unspecified atom stereocenters. The molecule has 2 fully saturated rings. The summed E-state index contributed by atoms with van der Waals surface area (Å²) in [6.07, 6.45) is 1.95. The van der Waals surface area contributed by atoms with Crippen molar-refractivity contribution in [3.05, 3.63) is 24.0 Å². The van der Waals surface area contributed by atoms with Crippen LogP contribution in [0.4, 0.5) is 18.9 Å². The number of pyridine rings is 1. The van der Waals surface area contributed by atoms with Crippen molar-refractivity contribution in [3.63, 3.8) is 0 Å². The van der Waals surface area contributed by atoms with Gasteiger partial charge in [0.25, 0.3) is 0 Å². The Labute approximate surface area is 155 Å². The zero-order valence-electron chi connectivity index (χ0n) is 14.9. The minimum Gasteiger partial charge on any atom is -0.347 e. The number of carbonyl (C=O) groups is 2. The quantitative estimate of drug-likeness (QED) is 0.785. The Hall–Kier alpha value is -2.16. The summed E-state index contributed by atoms with van der Waals surface area (Å²) in [5.41, 5.74) is -1.02. The number of hydrogen-bond acceptors (Lipinski definition) is 4. The Morgan fingerprint density at radius 1 is 1.11 bits per heavy atom. The van der Waals surface area contributed by atoms with Crippen molar-refractivity contribution in [2.75, 3.05) is 25.0 Å². The largest absolute Gasteiger partial charge is 0.433 e. The highest BCUT2D eigenvalue weighted by Crippen LogP contribution is 2.30. The SMILES string of the molecule is O=C(NC[C@@H]1CCCN2CCCC[C@@H]12)C(=O)Nc1ccc(C(F)(F)F)nc1. The number of hydrogen-bond donors (Lipinski definition) is 2. The molecule has 0 radical (unpaired) electrons. The van der Waals surface area contributed by atoms with Crippen molar-refractivity contribution in [2.45, 2.75) is 44.3 Å². The molecule has 0 bridgehead atoms. The van der Waals surface area contributed by atoms with Crippen LogP contribution in [0.25, 0.3) is 0 Å². The van der Waals surface area contributed by atoms with Crippen LogP contribution in [0.15, 0.2) is 18.3 Å². The fourth-order valence-corrected chi connectivity index (χ4v) is 3.94. The number of carbonyl (C=O) groups excluding carboxylic acids is 2. The van der Waals surface area contributed by atoms with Gasteiger partial charge in [-0.05, 0) is 56.8 Å². The van der Waals surface area contributed by atoms with E-state index < -0.39 is 23.7 Å². The zero-order chi connectivity index (χ0) is 19.4. The average Bonchev–Trinajstić information content (AvgIpc) is 2.65. The lowest BCUT2D eigenvalue weighted by atomic mass is 9.83. The predicted octanol–water partition coefficient (Wildman–Crippen LogP) is 2.42. The first-order valence-corrected chi connectivity index (χ1v) is 9.21. The van der Waals surface area contributed by atoms with E-state index in [-0.39, 0.29) is 5.69 Å². The molecule has 0 aliphatic carbocycles. The second-order valence-corrected chi connectivity index (χ2v) is 7.10. The van der Waals surface area contributed by atoms with E-state index in [0.717, 1.165) is 50.7 Å². The molecular weight excluding hydrogens is 361 g/mol. The van der Waals surface area contributed by atoms with Crippen LogP contribution in [-0.4, -0.2) is 47.4 Å². The van der Waals surface area contributed by atoms with E-state index in [1.807, 2.05) is 0 Å². The van der Waals surface area contributed by atoms with Crippen molar-refractivity contribution in [1.82, 2.24) is 15.2 Å². The highest BCUT2D eigenvalue weighted by Gasteiger charge is 2.34. The van der Waals surface area contributed by atoms with E-state index >= 15 is 0 Å². The lowest BCUT2D eigenvalue weighted by Gasteiger charge is -2.44. The van der Waals surface area contributed by atoms with Crippen LogP contribution >= 0.6 is 0 Å². The van der Waals surface area contributed by atoms with Gasteiger partial charge in [0, 0.05) is 12.6 Å². The number of amides is 2. The summed E-state index contributed by atoms with van der Waals surface area (Å²) >= 11 is 0. The van der Waals surface area contributed by atoms with Gasteiger partial charge >= 0.3 is 18.0 Å². The van der Waals surface area contributed by atoms with Crippen LogP contribution in [0.1, 0.15) is 37.8 Å². The van der Waals surface area contributed by atoms with Crippen molar-refractivity contribution in [3.8, 4) is 0 Å². The van der Waals surface area contributed by atoms with Crippen LogP contribution in [0.3, 0.4) is 0 Å². The molecule has 0 saturated carbocycles. The van der Waals surface area contributed by atoms with E-state index in [1.165, 1.54) is 12.8 Å². The van der Waals surface area contributed by atoms with Gasteiger partial charge in [-0.3, -0.25) is 9.59 Å². The number of fused-ring (bicyclic) bond motifs is 1. The molecule has 0 spiro atoms. The van der Waals surface area contributed by atoms with Crippen LogP contribution in [-0.2, 0) is 15.8 Å². The molecule has 2 atom stereocenters. The summed E-state index contributed by atoms with van der Waals surface area (Å²) in [5.74, 6) is -1.38. The average molecular weight is 384 g/mol. The molecule has 27 heavy (non-hydrogen) atoms. The maximum Gasteiger partial charge on any atom is 0.433 e. The first-order chi connectivity index (χ1) is 12.8. The summed E-state index contributed by atoms with van der Waals surface area (Å²) in [7, 11) is 0. The van der Waals surface area contributed by atoms with Gasteiger partial charge < -0.3 is 15.5 Å². The Bertz CT molecular complexity index is 676. The van der Waals surface area contributed by atoms with E-state index in [9.17, 15) is 22.8 Å². The molecule has 2 aliphatic heterocycles. The van der Waals surface area contributed by atoms with Gasteiger partial charge in [0.05, 0.1) is 11.9 Å². The molecule has 3 rings (SSSR count). The first-order valence-electron chi connectivity index (χ1n) is 9.21. The monoisotopic (exact) mass is 384 g/mol. The Kier molecular flexibility index (Phi) is 5.98. The molecule has 1 aromatic rings. The minimum absolute atomic E-state index is 0.0410. The van der Waals surface area contributed by atoms with Crippen molar-refractivity contribution < 1.29 is 22.8 Å². The number of alkyl halides is 3. The molecule has 2 aliphatic rings. The van der Waals surface area contributed by atoms with Crippen LogP contribution in [0.5, 0.6) is 0 Å². The molecular formula is C18H23F3N4O2. The normalized spacial score (nSPS) is 23.4. The number of nitrogens with one attached hydrogen (secondary N) is 2. The lowest BCUT2D eigenvalue weighted by molar-refractivity contribution is -0.141. The van der Waals surface area contributed by atoms with Gasteiger partial charge in [-0.1, -0.05) is 6.42 Å². The third-order valence-corrected chi connectivity index (χ3v) is 5.27. The third-order valence-electron chi connectivity index (χ3n) is 5.27. The fourth-order valence-electron chi connectivity index (χ4n) is 3.94. The van der Waals surface area contributed by atoms with E-state index in [2.05, 4.69) is 20.5 Å². The summed E-state index contributed by atoms with van der Waals surface area (Å²) in [6, 6.07) is 2.28. The second kappa shape index (κ2) is 8.24. The molecule has 2 saturated heterocycles. The second-order valence-electron chi connectivity index (χ2n) is 7.10. The number of piperidine rings is 2. The number of nitrogens with zero attached hydrogens (tertiary/aromatic N) is 2. The molecule has 2 amide bonds. The highest BCUT2D eigenvalue weighted by atomic mass is 19.4. The molecule has 1 aromatic heterocycles. The van der Waals surface area contributed by atoms with Crippen LogP contribution in [0, 0.1) is 5.92 Å². The summed E-state index contributed by atoms with van der Waals surface area (Å²) in [4.78, 5) is 29.7. The smallest absolute Gasteiger partial charge is 0.347 e. The molecule has 0 aromatic carbocycles. The first kappa shape index (κ1) is 19.6. The highest BCUT2D eigenvalue weighted by molar-refractivity contribution is 6.39. The Morgan fingerprint density at radius 3 is 2.59 bits per heavy atom. The maximum absolute atomic E-state index is 12.5. The molecule has 6 nitrogen and oxygen atoms in total. The number of aromatic nitrogens is 1. The van der Waals surface area contributed by atoms with Crippen LogP contribution < -0.4 is 10.6 Å². The van der Waals surface area contributed by atoms with Gasteiger partial charge in [0.15, 0.2) is 0 Å². The molecule has 2 N–H and O–H groups in total. The van der Waals surface area contributed by atoms with Crippen LogP contribution in [0.2, 0.25) is 0 Å². The molecule has 3 heterocycles. The van der Waals surface area contributed by atoms with Gasteiger partial charge in [0.1, 0.15) is 5.69 Å². The van der Waals surface area contributed by atoms with Crippen molar-refractivity contribution in [1.29, 1.82) is 0 Å². The van der Waals surface area contributed by atoms with Gasteiger partial charge in [-0.15, -0.1) is 0 Å². The number of rotatable bonds is 3. The van der Waals surface area contributed by atoms with Gasteiger partial charge in [-0.2, -0.15) is 13.2 Å². The molecule has 148 valence electrons. The van der Waals surface area contributed by atoms with E-state index in [4.69, 9.17) is 0 Å². The van der Waals surface area contributed by atoms with Gasteiger partial charge in [-0.25, -0.2) is 4.98 Å². The Balaban J connectivity index is 1.49. The maximum atomic E-state index is 12.5. The standard InChI is InChI=1S/C18H23F3N4O2/c19-18(20,21)15-7-6-13(11-22-15)24-17(27)16(26)23-10-12-4-3-9-25-8-2-1-5-14(12)25/h6-7,11-12,14H,1-5,8-10H2,(H,23,26)(H,24,27)/t12-,14-/m0/s1. The van der Waals surface area contributed by atoms with Gasteiger partial charge in [0.2, 0.25) is 0 Å². The fraction of sp³-hybridized carbons (Fsp3) is 0.611. The number of anilines is 1. The summed E-state index contributed by atoms with van der Waals surface area (Å²) < 4.78 is 37.5. The third kappa shape index (κ3) is 4.97. The summed E-state index contributed by atoms with van der Waals surface area (Å²) in [6.45, 7) is 2.62. The predicted molar refractivity (Wildman–Crippen MR) is 92.8 cm³/mol. The van der Waals surface area contributed by atoms with Crippen molar-refractivity contribution in [2.24, 2.45) is 5.92 Å². The molecule has 9 heteroatoms. The van der Waals surface area contributed by atoms with E-state index in [0.29, 0.717) is 18.5 Å². The minimum atomic E-state index is -4.55. The summed E-state index contributed by atoms with van der Waals surface area (Å²) in [5, 5.41) is 4.94. The van der Waals surface area contributed by atoms with Crippen molar-refractivity contribution >= 4 is 17.5 Å². The lowest BCUT2D eigenvalue weighted by Crippen LogP contribution is -2.51. The zero-order valence-corrected chi connectivity index (χ0v) is 14.9. The van der Waals surface area contributed by atoms with E-state index in [1.54, 1.807) is 0 Å². The Morgan fingerprint density at radius 2 is 1.89 bits per heavy atom. The topological polar surface area (TPSA) is 74.3 Å². The number of halogens is 3.